The lowest BCUT2D eigenvalue weighted by atomic mass is 10.0. The first-order chi connectivity index (χ1) is 8.13. The van der Waals surface area contributed by atoms with Crippen LogP contribution in [0.3, 0.4) is 0 Å². The molecule has 1 heterocycles. The largest absolute Gasteiger partial charge is 0.464 e. The Morgan fingerprint density at radius 2 is 2.18 bits per heavy atom. The zero-order valence-corrected chi connectivity index (χ0v) is 11.1. The molecule has 1 aliphatic rings. The fourth-order valence-electron chi connectivity index (χ4n) is 2.46. The van der Waals surface area contributed by atoms with Crippen molar-refractivity contribution in [2.45, 2.75) is 52.5 Å². The zero-order chi connectivity index (χ0) is 12.8. The SMILES string of the molecule is CCCC1CC(=O)N(C(CC)C(=O)OCC)C1. The summed E-state index contributed by atoms with van der Waals surface area (Å²) in [6.07, 6.45) is 3.36. The Kier molecular flexibility index (Phi) is 5.45. The standard InChI is InChI=1S/C13H23NO3/c1-4-7-10-8-12(15)14(9-10)11(5-2)13(16)17-6-3/h10-11H,4-9H2,1-3H3. The van der Waals surface area contributed by atoms with Crippen molar-refractivity contribution in [1.82, 2.24) is 4.90 Å². The van der Waals surface area contributed by atoms with Gasteiger partial charge >= 0.3 is 5.97 Å². The molecule has 1 saturated heterocycles. The number of carbonyl (C=O) groups excluding carboxylic acids is 2. The molecule has 4 heteroatoms. The first kappa shape index (κ1) is 14.0. The van der Waals surface area contributed by atoms with E-state index in [1.54, 1.807) is 11.8 Å². The van der Waals surface area contributed by atoms with E-state index in [0.717, 1.165) is 12.8 Å². The van der Waals surface area contributed by atoms with Gasteiger partial charge in [-0.15, -0.1) is 0 Å². The van der Waals surface area contributed by atoms with Crippen molar-refractivity contribution in [3.63, 3.8) is 0 Å². The first-order valence-electron chi connectivity index (χ1n) is 6.60. The van der Waals surface area contributed by atoms with E-state index in [4.69, 9.17) is 4.74 Å². The molecule has 0 radical (unpaired) electrons. The van der Waals surface area contributed by atoms with E-state index in [1.165, 1.54) is 0 Å². The van der Waals surface area contributed by atoms with E-state index in [0.29, 0.717) is 31.9 Å². The molecule has 2 unspecified atom stereocenters. The zero-order valence-electron chi connectivity index (χ0n) is 11.1. The highest BCUT2D eigenvalue weighted by Gasteiger charge is 2.36. The highest BCUT2D eigenvalue weighted by Crippen LogP contribution is 2.25. The van der Waals surface area contributed by atoms with E-state index >= 15 is 0 Å². The van der Waals surface area contributed by atoms with Crippen LogP contribution in [0.15, 0.2) is 0 Å². The molecule has 0 aromatic heterocycles. The summed E-state index contributed by atoms with van der Waals surface area (Å²) in [4.78, 5) is 25.3. The van der Waals surface area contributed by atoms with E-state index in [9.17, 15) is 9.59 Å². The minimum Gasteiger partial charge on any atom is -0.464 e. The van der Waals surface area contributed by atoms with Gasteiger partial charge in [0, 0.05) is 13.0 Å². The van der Waals surface area contributed by atoms with Crippen LogP contribution in [0, 0.1) is 5.92 Å². The molecular weight excluding hydrogens is 218 g/mol. The Bertz CT molecular complexity index is 278. The van der Waals surface area contributed by atoms with Gasteiger partial charge in [-0.25, -0.2) is 4.79 Å². The van der Waals surface area contributed by atoms with Gasteiger partial charge in [-0.3, -0.25) is 4.79 Å². The van der Waals surface area contributed by atoms with Gasteiger partial charge in [-0.05, 0) is 25.7 Å². The molecule has 0 aromatic carbocycles. The molecule has 0 aromatic rings. The first-order valence-corrected chi connectivity index (χ1v) is 6.60. The third-order valence-electron chi connectivity index (χ3n) is 3.26. The van der Waals surface area contributed by atoms with Crippen molar-refractivity contribution >= 4 is 11.9 Å². The van der Waals surface area contributed by atoms with Gasteiger partial charge in [0.2, 0.25) is 5.91 Å². The number of esters is 1. The second-order valence-electron chi connectivity index (χ2n) is 4.58. The van der Waals surface area contributed by atoms with Crippen LogP contribution in [-0.2, 0) is 14.3 Å². The van der Waals surface area contributed by atoms with E-state index in [1.807, 2.05) is 6.92 Å². The number of rotatable bonds is 6. The minimum absolute atomic E-state index is 0.100. The van der Waals surface area contributed by atoms with Crippen molar-refractivity contribution in [2.75, 3.05) is 13.2 Å². The van der Waals surface area contributed by atoms with Gasteiger partial charge in [0.25, 0.3) is 0 Å². The predicted octanol–water partition coefficient (Wildman–Crippen LogP) is 1.98. The summed E-state index contributed by atoms with van der Waals surface area (Å²) in [5, 5.41) is 0. The summed E-state index contributed by atoms with van der Waals surface area (Å²) in [7, 11) is 0. The molecule has 4 nitrogen and oxygen atoms in total. The van der Waals surface area contributed by atoms with Crippen molar-refractivity contribution in [3.8, 4) is 0 Å². The number of carbonyl (C=O) groups is 2. The number of likely N-dealkylation sites (tertiary alicyclic amines) is 1. The monoisotopic (exact) mass is 241 g/mol. The molecule has 17 heavy (non-hydrogen) atoms. The molecule has 0 bridgehead atoms. The van der Waals surface area contributed by atoms with Gasteiger partial charge in [-0.2, -0.15) is 0 Å². The van der Waals surface area contributed by atoms with Crippen LogP contribution in [0.5, 0.6) is 0 Å². The molecule has 0 N–H and O–H groups in total. The van der Waals surface area contributed by atoms with Crippen LogP contribution in [0.2, 0.25) is 0 Å². The lowest BCUT2D eigenvalue weighted by molar-refractivity contribution is -0.153. The van der Waals surface area contributed by atoms with Crippen molar-refractivity contribution < 1.29 is 14.3 Å². The summed E-state index contributed by atoms with van der Waals surface area (Å²) in [5.41, 5.74) is 0. The summed E-state index contributed by atoms with van der Waals surface area (Å²) >= 11 is 0. The second kappa shape index (κ2) is 6.62. The number of ether oxygens (including phenoxy) is 1. The molecule has 1 amide bonds. The Morgan fingerprint density at radius 1 is 1.47 bits per heavy atom. The maximum atomic E-state index is 11.9. The van der Waals surface area contributed by atoms with Crippen LogP contribution in [0.1, 0.15) is 46.5 Å². The number of hydrogen-bond acceptors (Lipinski definition) is 3. The Balaban J connectivity index is 2.63. The Labute approximate surface area is 103 Å². The average molecular weight is 241 g/mol. The lowest BCUT2D eigenvalue weighted by Crippen LogP contribution is -2.42. The molecule has 0 spiro atoms. The molecule has 98 valence electrons. The van der Waals surface area contributed by atoms with Crippen LogP contribution >= 0.6 is 0 Å². The molecule has 0 aliphatic carbocycles. The van der Waals surface area contributed by atoms with Crippen molar-refractivity contribution in [1.29, 1.82) is 0 Å². The second-order valence-corrected chi connectivity index (χ2v) is 4.58. The Hall–Kier alpha value is -1.06. The molecule has 1 aliphatic heterocycles. The highest BCUT2D eigenvalue weighted by molar-refractivity contribution is 5.86. The molecule has 2 atom stereocenters. The number of amides is 1. The fraction of sp³-hybridized carbons (Fsp3) is 0.846. The normalized spacial score (nSPS) is 21.7. The van der Waals surface area contributed by atoms with E-state index in [2.05, 4.69) is 6.92 Å². The molecule has 0 saturated carbocycles. The van der Waals surface area contributed by atoms with E-state index < -0.39 is 0 Å². The third kappa shape index (κ3) is 3.45. The van der Waals surface area contributed by atoms with Gasteiger partial charge in [-0.1, -0.05) is 20.3 Å². The van der Waals surface area contributed by atoms with Crippen LogP contribution in [0.4, 0.5) is 0 Å². The highest BCUT2D eigenvalue weighted by atomic mass is 16.5. The maximum Gasteiger partial charge on any atom is 0.328 e. The summed E-state index contributed by atoms with van der Waals surface area (Å²) in [6, 6.07) is -0.385. The number of hydrogen-bond donors (Lipinski definition) is 0. The fourth-order valence-corrected chi connectivity index (χ4v) is 2.46. The minimum atomic E-state index is -0.385. The van der Waals surface area contributed by atoms with Gasteiger partial charge in [0.1, 0.15) is 6.04 Å². The molecule has 1 fully saturated rings. The lowest BCUT2D eigenvalue weighted by Gasteiger charge is -2.25. The summed E-state index contributed by atoms with van der Waals surface area (Å²) < 4.78 is 5.02. The quantitative estimate of drug-likeness (QED) is 0.668. The van der Waals surface area contributed by atoms with Crippen LogP contribution in [0.25, 0.3) is 0 Å². The summed E-state index contributed by atoms with van der Waals surface area (Å²) in [6.45, 7) is 6.91. The molecule has 1 rings (SSSR count). The predicted molar refractivity (Wildman–Crippen MR) is 65.4 cm³/mol. The molecular formula is C13H23NO3. The van der Waals surface area contributed by atoms with Gasteiger partial charge in [0.15, 0.2) is 0 Å². The Morgan fingerprint density at radius 3 is 2.71 bits per heavy atom. The smallest absolute Gasteiger partial charge is 0.328 e. The summed E-state index contributed by atoms with van der Waals surface area (Å²) in [5.74, 6) is 0.250. The topological polar surface area (TPSA) is 46.6 Å². The van der Waals surface area contributed by atoms with Crippen LogP contribution in [-0.4, -0.2) is 36.0 Å². The van der Waals surface area contributed by atoms with Gasteiger partial charge in [0.05, 0.1) is 6.61 Å². The maximum absolute atomic E-state index is 11.9. The average Bonchev–Trinajstić information content (AvgIpc) is 2.62. The number of nitrogens with zero attached hydrogens (tertiary/aromatic N) is 1. The van der Waals surface area contributed by atoms with Crippen LogP contribution < -0.4 is 0 Å². The van der Waals surface area contributed by atoms with Crippen molar-refractivity contribution in [3.05, 3.63) is 0 Å². The van der Waals surface area contributed by atoms with E-state index in [-0.39, 0.29) is 17.9 Å². The van der Waals surface area contributed by atoms with Crippen molar-refractivity contribution in [2.24, 2.45) is 5.92 Å². The van der Waals surface area contributed by atoms with Gasteiger partial charge < -0.3 is 9.64 Å². The third-order valence-corrected chi connectivity index (χ3v) is 3.26.